The van der Waals surface area contributed by atoms with Crippen LogP contribution in [0.1, 0.15) is 5.56 Å². The van der Waals surface area contributed by atoms with Crippen molar-refractivity contribution in [3.05, 3.63) is 70.6 Å². The van der Waals surface area contributed by atoms with Gasteiger partial charge in [-0.15, -0.1) is 0 Å². The van der Waals surface area contributed by atoms with Crippen molar-refractivity contribution in [2.45, 2.75) is 11.8 Å². The van der Waals surface area contributed by atoms with Gasteiger partial charge in [0, 0.05) is 28.2 Å². The van der Waals surface area contributed by atoms with Crippen molar-refractivity contribution < 1.29 is 8.42 Å². The van der Waals surface area contributed by atoms with Crippen molar-refractivity contribution >= 4 is 37.5 Å². The summed E-state index contributed by atoms with van der Waals surface area (Å²) in [5, 5.41) is 1.36. The second-order valence-corrected chi connectivity index (χ2v) is 7.59. The highest BCUT2D eigenvalue weighted by molar-refractivity contribution is 7.92. The molecule has 2 heterocycles. The molecule has 2 aromatic heterocycles. The van der Waals surface area contributed by atoms with Crippen LogP contribution < -0.4 is 10.3 Å². The van der Waals surface area contributed by atoms with E-state index in [4.69, 9.17) is 0 Å². The summed E-state index contributed by atoms with van der Waals surface area (Å²) < 4.78 is 28.0. The van der Waals surface area contributed by atoms with Gasteiger partial charge in [0.05, 0.1) is 4.90 Å². The van der Waals surface area contributed by atoms with Gasteiger partial charge in [-0.2, -0.15) is 0 Å². The number of hydrogen-bond donors (Lipinski definition) is 3. The number of hydrogen-bond acceptors (Lipinski definition) is 3. The normalized spacial score (nSPS) is 11.9. The number of rotatable bonds is 3. The Morgan fingerprint density at radius 1 is 1.00 bits per heavy atom. The summed E-state index contributed by atoms with van der Waals surface area (Å²) in [6, 6.07) is 13.6. The molecular weight excluding hydrogens is 338 g/mol. The number of aromatic nitrogens is 2. The second-order valence-electron chi connectivity index (χ2n) is 5.90. The molecule has 4 rings (SSSR count). The standard InChI is InChI=1S/C18H15N3O3S/c1-11-3-2-4-12(9-11)21-25(23,24)13-5-6-16-15(10-13)14-7-8-19-17(14)18(22)20-16/h2-10,19,21H,1H3,(H,20,22). The zero-order valence-corrected chi connectivity index (χ0v) is 14.1. The predicted octanol–water partition coefficient (Wildman–Crippen LogP) is 3.12. The van der Waals surface area contributed by atoms with Gasteiger partial charge in [0.25, 0.3) is 15.6 Å². The number of benzene rings is 2. The minimum atomic E-state index is -3.74. The van der Waals surface area contributed by atoms with E-state index >= 15 is 0 Å². The van der Waals surface area contributed by atoms with Crippen molar-refractivity contribution in [1.29, 1.82) is 0 Å². The molecule has 0 saturated heterocycles. The van der Waals surface area contributed by atoms with Crippen molar-refractivity contribution in [2.24, 2.45) is 0 Å². The average Bonchev–Trinajstić information content (AvgIpc) is 3.05. The molecule has 126 valence electrons. The van der Waals surface area contributed by atoms with Gasteiger partial charge < -0.3 is 9.97 Å². The van der Waals surface area contributed by atoms with E-state index in [2.05, 4.69) is 14.7 Å². The zero-order valence-electron chi connectivity index (χ0n) is 13.3. The fourth-order valence-corrected chi connectivity index (χ4v) is 3.99. The SMILES string of the molecule is Cc1cccc(NS(=O)(=O)c2ccc3[nH]c(=O)c4[nH]ccc4c3c2)c1. The van der Waals surface area contributed by atoms with Gasteiger partial charge >= 0.3 is 0 Å². The molecule has 25 heavy (non-hydrogen) atoms. The molecule has 6 nitrogen and oxygen atoms in total. The van der Waals surface area contributed by atoms with Crippen LogP contribution in [0.15, 0.2) is 64.4 Å². The first kappa shape index (κ1) is 15.5. The van der Waals surface area contributed by atoms with Gasteiger partial charge in [0.15, 0.2) is 0 Å². The summed E-state index contributed by atoms with van der Waals surface area (Å²) >= 11 is 0. The van der Waals surface area contributed by atoms with Crippen LogP contribution in [0.5, 0.6) is 0 Å². The number of pyridine rings is 1. The van der Waals surface area contributed by atoms with E-state index in [1.165, 1.54) is 6.07 Å². The van der Waals surface area contributed by atoms with Crippen molar-refractivity contribution in [3.8, 4) is 0 Å². The summed E-state index contributed by atoms with van der Waals surface area (Å²) in [6.07, 6.45) is 1.66. The van der Waals surface area contributed by atoms with Crippen LogP contribution in [0.4, 0.5) is 5.69 Å². The third-order valence-electron chi connectivity index (χ3n) is 4.08. The Kier molecular flexibility index (Phi) is 3.40. The Bertz CT molecular complexity index is 1270. The van der Waals surface area contributed by atoms with Crippen LogP contribution in [-0.2, 0) is 10.0 Å². The summed E-state index contributed by atoms with van der Waals surface area (Å²) in [4.78, 5) is 17.8. The first-order chi connectivity index (χ1) is 11.9. The molecule has 0 amide bonds. The second kappa shape index (κ2) is 5.49. The third kappa shape index (κ3) is 2.68. The largest absolute Gasteiger partial charge is 0.357 e. The lowest BCUT2D eigenvalue weighted by Gasteiger charge is -2.10. The van der Waals surface area contributed by atoms with Crippen molar-refractivity contribution in [1.82, 2.24) is 9.97 Å². The minimum Gasteiger partial charge on any atom is -0.357 e. The highest BCUT2D eigenvalue weighted by Crippen LogP contribution is 2.25. The van der Waals surface area contributed by atoms with Crippen LogP contribution >= 0.6 is 0 Å². The van der Waals surface area contributed by atoms with E-state index < -0.39 is 10.0 Å². The van der Waals surface area contributed by atoms with E-state index in [0.29, 0.717) is 27.5 Å². The summed E-state index contributed by atoms with van der Waals surface area (Å²) in [6.45, 7) is 1.90. The number of fused-ring (bicyclic) bond motifs is 3. The summed E-state index contributed by atoms with van der Waals surface area (Å²) in [5.74, 6) is 0. The van der Waals surface area contributed by atoms with Gasteiger partial charge in [-0.3, -0.25) is 9.52 Å². The molecule has 0 radical (unpaired) electrons. The molecule has 0 unspecified atom stereocenters. The third-order valence-corrected chi connectivity index (χ3v) is 5.46. The first-order valence-corrected chi connectivity index (χ1v) is 9.15. The fourth-order valence-electron chi connectivity index (χ4n) is 2.91. The maximum Gasteiger partial charge on any atom is 0.272 e. The van der Waals surface area contributed by atoms with Gasteiger partial charge in [-0.05, 0) is 48.9 Å². The maximum atomic E-state index is 12.7. The Balaban J connectivity index is 1.86. The number of H-pyrrole nitrogens is 2. The van der Waals surface area contributed by atoms with Crippen LogP contribution in [0.2, 0.25) is 0 Å². The molecule has 0 spiro atoms. The van der Waals surface area contributed by atoms with Crippen LogP contribution in [0.25, 0.3) is 21.8 Å². The number of nitrogens with one attached hydrogen (secondary N) is 3. The number of anilines is 1. The molecule has 0 saturated carbocycles. The smallest absolute Gasteiger partial charge is 0.272 e. The molecule has 7 heteroatoms. The van der Waals surface area contributed by atoms with E-state index in [0.717, 1.165) is 5.56 Å². The van der Waals surface area contributed by atoms with Crippen LogP contribution in [0.3, 0.4) is 0 Å². The molecule has 0 fully saturated rings. The molecule has 0 atom stereocenters. The Morgan fingerprint density at radius 2 is 1.84 bits per heavy atom. The summed E-state index contributed by atoms with van der Waals surface area (Å²) in [7, 11) is -3.74. The first-order valence-electron chi connectivity index (χ1n) is 7.67. The average molecular weight is 353 g/mol. The molecule has 2 aromatic carbocycles. The van der Waals surface area contributed by atoms with E-state index in [1.807, 2.05) is 13.0 Å². The van der Waals surface area contributed by atoms with E-state index in [1.54, 1.807) is 42.6 Å². The number of aryl methyl sites for hydroxylation is 1. The highest BCUT2D eigenvalue weighted by atomic mass is 32.2. The quantitative estimate of drug-likeness (QED) is 0.528. The van der Waals surface area contributed by atoms with E-state index in [9.17, 15) is 13.2 Å². The van der Waals surface area contributed by atoms with Gasteiger partial charge in [-0.25, -0.2) is 8.42 Å². The fraction of sp³-hybridized carbons (Fsp3) is 0.0556. The number of sulfonamides is 1. The molecular formula is C18H15N3O3S. The Labute approximate surface area is 143 Å². The molecule has 3 N–H and O–H groups in total. The molecule has 0 aliphatic carbocycles. The lowest BCUT2D eigenvalue weighted by Crippen LogP contribution is -2.13. The molecule has 0 aliphatic rings. The van der Waals surface area contributed by atoms with Gasteiger partial charge in [-0.1, -0.05) is 12.1 Å². The Hall–Kier alpha value is -3.06. The predicted molar refractivity (Wildman–Crippen MR) is 98.4 cm³/mol. The lowest BCUT2D eigenvalue weighted by atomic mass is 10.1. The van der Waals surface area contributed by atoms with Crippen LogP contribution in [-0.4, -0.2) is 18.4 Å². The molecule has 4 aromatic rings. The summed E-state index contributed by atoms with van der Waals surface area (Å²) in [5.41, 5.74) is 2.25. The number of aromatic amines is 2. The van der Waals surface area contributed by atoms with Crippen molar-refractivity contribution in [3.63, 3.8) is 0 Å². The van der Waals surface area contributed by atoms with E-state index in [-0.39, 0.29) is 10.5 Å². The Morgan fingerprint density at radius 3 is 2.64 bits per heavy atom. The lowest BCUT2D eigenvalue weighted by molar-refractivity contribution is 0.601. The highest BCUT2D eigenvalue weighted by Gasteiger charge is 2.16. The molecule has 0 bridgehead atoms. The molecule has 0 aliphatic heterocycles. The minimum absolute atomic E-state index is 0.135. The monoisotopic (exact) mass is 353 g/mol. The van der Waals surface area contributed by atoms with Gasteiger partial charge in [0.2, 0.25) is 0 Å². The van der Waals surface area contributed by atoms with Gasteiger partial charge in [0.1, 0.15) is 5.52 Å². The van der Waals surface area contributed by atoms with Crippen LogP contribution in [0, 0.1) is 6.92 Å². The maximum absolute atomic E-state index is 12.7. The zero-order chi connectivity index (χ0) is 17.6. The topological polar surface area (TPSA) is 94.8 Å². The van der Waals surface area contributed by atoms with Crippen molar-refractivity contribution in [2.75, 3.05) is 4.72 Å².